The molecule has 0 bridgehead atoms. The lowest BCUT2D eigenvalue weighted by Crippen LogP contribution is -2.38. The minimum absolute atomic E-state index is 0.0242. The molecule has 5 aromatic rings. The van der Waals surface area contributed by atoms with Gasteiger partial charge in [0.25, 0.3) is 0 Å². The quantitative estimate of drug-likeness (QED) is 0.0466. The summed E-state index contributed by atoms with van der Waals surface area (Å²) >= 11 is 0. The number of ether oxygens (including phenoxy) is 6. The van der Waals surface area contributed by atoms with E-state index in [-0.39, 0.29) is 26.0 Å². The standard InChI is InChI=1S/C51H55NO12S/c1-37(53)52(30-27-40-18-16-17-39-25-26-41(59-3)31-46(39)40)49(57)63-36-62-47(55)32-51(28-14-7-15-29-51)33-48(56)64-42(34-60-38(2)54)35-61-50(58)65(43-19-8-4-9-20-43,44-21-10-5-11-22-44)45-23-12-6-13-24-45/h4-6,8-13,16-26,31,42H,7,14-15,27-30,32-36H2,1-3H3. The predicted octanol–water partition coefficient (Wildman–Crippen LogP) is 10.2. The molecule has 1 atom stereocenters. The zero-order valence-electron chi connectivity index (χ0n) is 36.9. The van der Waals surface area contributed by atoms with Gasteiger partial charge >= 0.3 is 29.3 Å². The number of carbonyl (C=O) groups excluding carboxylic acids is 6. The number of amides is 2. The average molecular weight is 906 g/mol. The Kier molecular flexibility index (Phi) is 16.8. The number of esters is 3. The molecule has 1 unspecified atom stereocenters. The Morgan fingerprint density at radius 1 is 0.646 bits per heavy atom. The molecular formula is C51H55NO12S. The molecule has 2 amide bonds. The van der Waals surface area contributed by atoms with Gasteiger partial charge in [-0.05, 0) is 89.5 Å². The summed E-state index contributed by atoms with van der Waals surface area (Å²) in [5.41, 5.74) is 0.0675. The molecule has 14 heteroatoms. The van der Waals surface area contributed by atoms with Gasteiger partial charge in [-0.3, -0.25) is 19.2 Å². The van der Waals surface area contributed by atoms with Crippen LogP contribution in [-0.4, -0.2) is 79.9 Å². The first kappa shape index (κ1) is 47.8. The smallest absolute Gasteiger partial charge is 0.419 e. The molecular weight excluding hydrogens is 851 g/mol. The minimum Gasteiger partial charge on any atom is -0.497 e. The van der Waals surface area contributed by atoms with Crippen molar-refractivity contribution in [3.8, 4) is 5.75 Å². The maximum Gasteiger partial charge on any atom is 0.419 e. The monoisotopic (exact) mass is 905 g/mol. The summed E-state index contributed by atoms with van der Waals surface area (Å²) in [6, 6.07) is 39.6. The molecule has 1 aliphatic rings. The summed E-state index contributed by atoms with van der Waals surface area (Å²) in [7, 11) is -1.09. The van der Waals surface area contributed by atoms with E-state index in [2.05, 4.69) is 0 Å². The fourth-order valence-electron chi connectivity index (χ4n) is 8.25. The van der Waals surface area contributed by atoms with E-state index in [0.717, 1.165) is 55.2 Å². The van der Waals surface area contributed by atoms with Crippen LogP contribution >= 0.6 is 10.0 Å². The first-order chi connectivity index (χ1) is 31.4. The van der Waals surface area contributed by atoms with Crippen molar-refractivity contribution in [1.29, 1.82) is 0 Å². The Morgan fingerprint density at radius 3 is 1.80 bits per heavy atom. The molecule has 5 aromatic carbocycles. The predicted molar refractivity (Wildman–Crippen MR) is 243 cm³/mol. The summed E-state index contributed by atoms with van der Waals surface area (Å²) < 4.78 is 33.2. The van der Waals surface area contributed by atoms with Crippen LogP contribution in [0.15, 0.2) is 142 Å². The van der Waals surface area contributed by atoms with E-state index in [1.54, 1.807) is 7.11 Å². The molecule has 0 radical (unpaired) electrons. The second-order valence-electron chi connectivity index (χ2n) is 15.9. The van der Waals surface area contributed by atoms with Crippen LogP contribution in [0.4, 0.5) is 9.59 Å². The first-order valence-electron chi connectivity index (χ1n) is 21.6. The molecule has 0 aliphatic heterocycles. The molecule has 0 N–H and O–H groups in total. The van der Waals surface area contributed by atoms with Gasteiger partial charge in [-0.1, -0.05) is 108 Å². The van der Waals surface area contributed by atoms with Crippen molar-refractivity contribution in [3.63, 3.8) is 0 Å². The molecule has 0 aromatic heterocycles. The van der Waals surface area contributed by atoms with Crippen LogP contribution in [0, 0.1) is 5.41 Å². The van der Waals surface area contributed by atoms with E-state index in [4.69, 9.17) is 28.4 Å². The normalized spacial score (nSPS) is 14.0. The van der Waals surface area contributed by atoms with Gasteiger partial charge in [0.1, 0.15) is 19.0 Å². The van der Waals surface area contributed by atoms with E-state index in [1.165, 1.54) is 13.8 Å². The topological polar surface area (TPSA) is 161 Å². The number of benzene rings is 5. The highest BCUT2D eigenvalue weighted by atomic mass is 32.3. The summed E-state index contributed by atoms with van der Waals surface area (Å²) in [4.78, 5) is 82.5. The van der Waals surface area contributed by atoms with E-state index >= 15 is 0 Å². The largest absolute Gasteiger partial charge is 0.497 e. The number of methoxy groups -OCH3 is 1. The molecule has 342 valence electrons. The third kappa shape index (κ3) is 12.3. The SMILES string of the molecule is COc1ccc2cccc(CCN(C(C)=O)C(=O)OCOC(=O)CC3(CC(=O)OC(COC(C)=O)COC(=O)S(c4ccccc4)(c4ccccc4)c4ccccc4)CCCCC3)c2c1. The molecule has 6 rings (SSSR count). The summed E-state index contributed by atoms with van der Waals surface area (Å²) in [5, 5.41) is 1.36. The van der Waals surface area contributed by atoms with Crippen molar-refractivity contribution in [3.05, 3.63) is 133 Å². The van der Waals surface area contributed by atoms with Crippen LogP contribution in [0.2, 0.25) is 0 Å². The van der Waals surface area contributed by atoms with E-state index < -0.39 is 70.2 Å². The second kappa shape index (κ2) is 22.8. The van der Waals surface area contributed by atoms with Gasteiger partial charge in [0, 0.05) is 35.1 Å². The highest BCUT2D eigenvalue weighted by molar-refractivity contribution is 8.45. The number of rotatable bonds is 18. The van der Waals surface area contributed by atoms with Gasteiger partial charge in [-0.25, -0.2) is 14.5 Å². The summed E-state index contributed by atoms with van der Waals surface area (Å²) in [6.07, 6.45) is 1.36. The highest BCUT2D eigenvalue weighted by Gasteiger charge is 2.42. The van der Waals surface area contributed by atoms with E-state index in [9.17, 15) is 28.8 Å². The van der Waals surface area contributed by atoms with Crippen molar-refractivity contribution in [2.75, 3.05) is 33.7 Å². The number of nitrogens with zero attached hydrogens (tertiary/aromatic N) is 1. The van der Waals surface area contributed by atoms with Gasteiger partial charge in [0.2, 0.25) is 12.7 Å². The molecule has 1 aliphatic carbocycles. The Balaban J connectivity index is 1.09. The van der Waals surface area contributed by atoms with Gasteiger partial charge < -0.3 is 28.4 Å². The van der Waals surface area contributed by atoms with Crippen molar-refractivity contribution < 1.29 is 57.2 Å². The molecule has 0 spiro atoms. The van der Waals surface area contributed by atoms with Crippen LogP contribution in [0.3, 0.4) is 0 Å². The number of hydrogen-bond donors (Lipinski definition) is 0. The third-order valence-corrected chi connectivity index (χ3v) is 15.0. The average Bonchev–Trinajstić information content (AvgIpc) is 3.31. The molecule has 0 heterocycles. The summed E-state index contributed by atoms with van der Waals surface area (Å²) in [6.45, 7) is 0.987. The second-order valence-corrected chi connectivity index (χ2v) is 18.9. The maximum atomic E-state index is 14.7. The minimum atomic E-state index is -2.67. The zero-order valence-corrected chi connectivity index (χ0v) is 37.8. The van der Waals surface area contributed by atoms with Crippen LogP contribution in [0.5, 0.6) is 5.75 Å². The lowest BCUT2D eigenvalue weighted by Gasteiger charge is -2.38. The lowest BCUT2D eigenvalue weighted by molar-refractivity contribution is -0.165. The van der Waals surface area contributed by atoms with Gasteiger partial charge in [-0.2, -0.15) is 0 Å². The number of carbonyl (C=O) groups is 6. The van der Waals surface area contributed by atoms with Crippen LogP contribution in [0.1, 0.15) is 64.4 Å². The van der Waals surface area contributed by atoms with Crippen molar-refractivity contribution >= 4 is 56.0 Å². The lowest BCUT2D eigenvalue weighted by atomic mass is 9.69. The van der Waals surface area contributed by atoms with Gasteiger partial charge in [0.15, 0.2) is 6.10 Å². The Bertz CT molecular complexity index is 2330. The number of hydrogen-bond acceptors (Lipinski definition) is 12. The maximum absolute atomic E-state index is 14.7. The molecule has 65 heavy (non-hydrogen) atoms. The number of imide groups is 1. The zero-order chi connectivity index (χ0) is 46.2. The Morgan fingerprint density at radius 2 is 1.23 bits per heavy atom. The van der Waals surface area contributed by atoms with Crippen molar-refractivity contribution in [2.45, 2.75) is 86.0 Å². The molecule has 13 nitrogen and oxygen atoms in total. The fraction of sp³-hybridized carbons (Fsp3) is 0.333. The van der Waals surface area contributed by atoms with Gasteiger partial charge in [0.05, 0.1) is 20.0 Å². The van der Waals surface area contributed by atoms with E-state index in [0.29, 0.717) is 25.0 Å². The Hall–Kier alpha value is -6.67. The van der Waals surface area contributed by atoms with Crippen LogP contribution in [-0.2, 0) is 49.3 Å². The highest BCUT2D eigenvalue weighted by Crippen LogP contribution is 2.69. The summed E-state index contributed by atoms with van der Waals surface area (Å²) in [5.74, 6) is -1.84. The number of fused-ring (bicyclic) bond motifs is 1. The molecule has 1 fully saturated rings. The van der Waals surface area contributed by atoms with Gasteiger partial charge in [-0.15, -0.1) is 0 Å². The van der Waals surface area contributed by atoms with Crippen LogP contribution in [0.25, 0.3) is 10.8 Å². The van der Waals surface area contributed by atoms with E-state index in [1.807, 2.05) is 127 Å². The fourth-order valence-corrected chi connectivity index (χ4v) is 11.6. The molecule has 0 saturated heterocycles. The molecule has 1 saturated carbocycles. The third-order valence-electron chi connectivity index (χ3n) is 11.4. The first-order valence-corrected chi connectivity index (χ1v) is 23.2. The van der Waals surface area contributed by atoms with Crippen molar-refractivity contribution in [1.82, 2.24) is 4.90 Å². The van der Waals surface area contributed by atoms with Crippen molar-refractivity contribution in [2.24, 2.45) is 5.41 Å². The van der Waals surface area contributed by atoms with Crippen LogP contribution < -0.4 is 4.74 Å². The Labute approximate surface area is 380 Å².